The number of carbonyl (C=O) groups is 1. The molecule has 4 nitrogen and oxygen atoms in total. The van der Waals surface area contributed by atoms with Gasteiger partial charge in [-0.25, -0.2) is 0 Å². The smallest absolute Gasteiger partial charge is 0.307 e. The Bertz CT molecular complexity index is 382. The highest BCUT2D eigenvalue weighted by Crippen LogP contribution is 2.27. The van der Waals surface area contributed by atoms with Gasteiger partial charge in [0.2, 0.25) is 0 Å². The summed E-state index contributed by atoms with van der Waals surface area (Å²) in [6, 6.07) is 5.42. The Morgan fingerprint density at radius 2 is 2.24 bits per heavy atom. The summed E-state index contributed by atoms with van der Waals surface area (Å²) in [4.78, 5) is 10.9. The van der Waals surface area contributed by atoms with Crippen molar-refractivity contribution in [3.63, 3.8) is 0 Å². The normalized spacial score (nSPS) is 9.82. The number of esters is 1. The molecule has 0 fully saturated rings. The molecule has 0 bridgehead atoms. The van der Waals surface area contributed by atoms with E-state index < -0.39 is 0 Å². The number of nitrogens with one attached hydrogen (secondary N) is 1. The number of rotatable bonds is 6. The lowest BCUT2D eigenvalue weighted by Crippen LogP contribution is -2.09. The Labute approximate surface area is 106 Å². The standard InChI is InChI=1S/C12H16ClNO3/c1-3-17-11-5-4-9(8-10(11)13)14-7-6-12(15)16-2/h4-5,8,14H,3,6-7H2,1-2H3. The molecule has 0 amide bonds. The van der Waals surface area contributed by atoms with Crippen LogP contribution in [0.3, 0.4) is 0 Å². The second kappa shape index (κ2) is 7.01. The van der Waals surface area contributed by atoms with E-state index in [1.807, 2.05) is 13.0 Å². The average Bonchev–Trinajstić information content (AvgIpc) is 2.32. The van der Waals surface area contributed by atoms with Gasteiger partial charge in [-0.3, -0.25) is 4.79 Å². The quantitative estimate of drug-likeness (QED) is 0.796. The topological polar surface area (TPSA) is 47.6 Å². The Balaban J connectivity index is 2.50. The summed E-state index contributed by atoms with van der Waals surface area (Å²) in [6.45, 7) is 2.99. The number of benzene rings is 1. The molecule has 0 saturated carbocycles. The summed E-state index contributed by atoms with van der Waals surface area (Å²) in [5.74, 6) is 0.419. The maximum absolute atomic E-state index is 10.9. The van der Waals surface area contributed by atoms with Crippen LogP contribution < -0.4 is 10.1 Å². The van der Waals surface area contributed by atoms with Crippen LogP contribution in [0.1, 0.15) is 13.3 Å². The summed E-state index contributed by atoms with van der Waals surface area (Å²) in [5, 5.41) is 3.63. The molecule has 17 heavy (non-hydrogen) atoms. The molecule has 0 aliphatic rings. The number of methoxy groups -OCH3 is 1. The predicted molar refractivity (Wildman–Crippen MR) is 67.7 cm³/mol. The number of hydrogen-bond acceptors (Lipinski definition) is 4. The van der Waals surface area contributed by atoms with E-state index >= 15 is 0 Å². The Morgan fingerprint density at radius 3 is 2.82 bits per heavy atom. The van der Waals surface area contributed by atoms with Crippen molar-refractivity contribution in [2.75, 3.05) is 25.6 Å². The van der Waals surface area contributed by atoms with E-state index in [1.54, 1.807) is 12.1 Å². The summed E-state index contributed by atoms with van der Waals surface area (Å²) in [6.07, 6.45) is 0.321. The van der Waals surface area contributed by atoms with Crippen molar-refractivity contribution in [3.05, 3.63) is 23.2 Å². The number of carbonyl (C=O) groups excluding carboxylic acids is 1. The van der Waals surface area contributed by atoms with E-state index in [1.165, 1.54) is 7.11 Å². The van der Waals surface area contributed by atoms with Crippen molar-refractivity contribution >= 4 is 23.3 Å². The highest BCUT2D eigenvalue weighted by Gasteiger charge is 2.03. The fraction of sp³-hybridized carbons (Fsp3) is 0.417. The fourth-order valence-electron chi connectivity index (χ4n) is 1.29. The van der Waals surface area contributed by atoms with Gasteiger partial charge in [-0.05, 0) is 25.1 Å². The molecule has 94 valence electrons. The zero-order valence-corrected chi connectivity index (χ0v) is 10.7. The fourth-order valence-corrected chi connectivity index (χ4v) is 1.53. The van der Waals surface area contributed by atoms with Crippen molar-refractivity contribution in [1.82, 2.24) is 0 Å². The van der Waals surface area contributed by atoms with Crippen molar-refractivity contribution in [2.45, 2.75) is 13.3 Å². The molecule has 0 heterocycles. The van der Waals surface area contributed by atoms with Crippen molar-refractivity contribution in [1.29, 1.82) is 0 Å². The molecular weight excluding hydrogens is 242 g/mol. The van der Waals surface area contributed by atoms with E-state index in [0.717, 1.165) is 5.69 Å². The van der Waals surface area contributed by atoms with Crippen LogP contribution in [-0.2, 0) is 9.53 Å². The molecule has 1 rings (SSSR count). The third-order valence-corrected chi connectivity index (χ3v) is 2.41. The lowest BCUT2D eigenvalue weighted by atomic mass is 10.3. The molecule has 5 heteroatoms. The molecule has 1 N–H and O–H groups in total. The largest absolute Gasteiger partial charge is 0.492 e. The van der Waals surface area contributed by atoms with Crippen LogP contribution in [0.15, 0.2) is 18.2 Å². The maximum atomic E-state index is 10.9. The monoisotopic (exact) mass is 257 g/mol. The molecule has 0 aliphatic carbocycles. The minimum absolute atomic E-state index is 0.241. The molecule has 1 aromatic carbocycles. The second-order valence-electron chi connectivity index (χ2n) is 3.33. The third-order valence-electron chi connectivity index (χ3n) is 2.12. The van der Waals surface area contributed by atoms with Gasteiger partial charge in [-0.2, -0.15) is 0 Å². The van der Waals surface area contributed by atoms with Gasteiger partial charge >= 0.3 is 5.97 Å². The highest BCUT2D eigenvalue weighted by atomic mass is 35.5. The molecule has 0 atom stereocenters. The Morgan fingerprint density at radius 1 is 1.47 bits per heavy atom. The lowest BCUT2D eigenvalue weighted by molar-refractivity contribution is -0.140. The maximum Gasteiger partial charge on any atom is 0.307 e. The molecule has 0 unspecified atom stereocenters. The number of hydrogen-bond donors (Lipinski definition) is 1. The van der Waals surface area contributed by atoms with Crippen LogP contribution in [0.25, 0.3) is 0 Å². The summed E-state index contributed by atoms with van der Waals surface area (Å²) >= 11 is 6.02. The van der Waals surface area contributed by atoms with Crippen LogP contribution >= 0.6 is 11.6 Å². The zero-order chi connectivity index (χ0) is 12.7. The Hall–Kier alpha value is -1.42. The first-order valence-electron chi connectivity index (χ1n) is 5.40. The SMILES string of the molecule is CCOc1ccc(NCCC(=O)OC)cc1Cl. The molecule has 0 aliphatic heterocycles. The third kappa shape index (κ3) is 4.53. The molecule has 0 radical (unpaired) electrons. The number of halogens is 1. The lowest BCUT2D eigenvalue weighted by Gasteiger charge is -2.09. The first-order valence-corrected chi connectivity index (χ1v) is 5.78. The van der Waals surface area contributed by atoms with Crippen molar-refractivity contribution < 1.29 is 14.3 Å². The highest BCUT2D eigenvalue weighted by molar-refractivity contribution is 6.32. The molecule has 0 spiro atoms. The second-order valence-corrected chi connectivity index (χ2v) is 3.74. The number of ether oxygens (including phenoxy) is 2. The van der Waals surface area contributed by atoms with E-state index in [9.17, 15) is 4.79 Å². The van der Waals surface area contributed by atoms with Crippen LogP contribution in [0.2, 0.25) is 5.02 Å². The van der Waals surface area contributed by atoms with Gasteiger partial charge in [-0.1, -0.05) is 11.6 Å². The first kappa shape index (κ1) is 13.6. The van der Waals surface area contributed by atoms with Gasteiger partial charge < -0.3 is 14.8 Å². The number of anilines is 1. The summed E-state index contributed by atoms with van der Waals surface area (Å²) < 4.78 is 9.86. The average molecular weight is 258 g/mol. The van der Waals surface area contributed by atoms with Gasteiger partial charge in [0.1, 0.15) is 5.75 Å². The molecule has 0 aromatic heterocycles. The van der Waals surface area contributed by atoms with Crippen molar-refractivity contribution in [3.8, 4) is 5.75 Å². The van der Waals surface area contributed by atoms with E-state index in [-0.39, 0.29) is 5.97 Å². The van der Waals surface area contributed by atoms with Gasteiger partial charge in [0.25, 0.3) is 0 Å². The summed E-state index contributed by atoms with van der Waals surface area (Å²) in [5.41, 5.74) is 0.849. The van der Waals surface area contributed by atoms with E-state index in [0.29, 0.717) is 30.3 Å². The minimum atomic E-state index is -0.241. The van der Waals surface area contributed by atoms with Crippen LogP contribution in [0.5, 0.6) is 5.75 Å². The van der Waals surface area contributed by atoms with E-state index in [2.05, 4.69) is 10.1 Å². The molecule has 1 aromatic rings. The predicted octanol–water partition coefficient (Wildman–Crippen LogP) is 2.71. The van der Waals surface area contributed by atoms with Crippen LogP contribution in [-0.4, -0.2) is 26.2 Å². The van der Waals surface area contributed by atoms with Gasteiger partial charge in [0, 0.05) is 12.2 Å². The first-order chi connectivity index (χ1) is 8.17. The van der Waals surface area contributed by atoms with Crippen LogP contribution in [0, 0.1) is 0 Å². The van der Waals surface area contributed by atoms with Crippen molar-refractivity contribution in [2.24, 2.45) is 0 Å². The van der Waals surface area contributed by atoms with Gasteiger partial charge in [0.15, 0.2) is 0 Å². The van der Waals surface area contributed by atoms with Gasteiger partial charge in [-0.15, -0.1) is 0 Å². The van der Waals surface area contributed by atoms with Crippen LogP contribution in [0.4, 0.5) is 5.69 Å². The minimum Gasteiger partial charge on any atom is -0.492 e. The summed E-state index contributed by atoms with van der Waals surface area (Å²) in [7, 11) is 1.37. The molecular formula is C12H16ClNO3. The van der Waals surface area contributed by atoms with E-state index in [4.69, 9.17) is 16.3 Å². The zero-order valence-electron chi connectivity index (χ0n) is 9.96. The Kier molecular flexibility index (Phi) is 5.63. The molecule has 0 saturated heterocycles. The van der Waals surface area contributed by atoms with Gasteiger partial charge in [0.05, 0.1) is 25.2 Å².